The molecule has 1 rings (SSSR count). The van der Waals surface area contributed by atoms with Gasteiger partial charge in [0.2, 0.25) is 0 Å². The third kappa shape index (κ3) is 3.39. The minimum Gasteiger partial charge on any atom is -0.244 e. The summed E-state index contributed by atoms with van der Waals surface area (Å²) in [5.41, 5.74) is 0. The Bertz CT molecular complexity index is 635. The van der Waals surface area contributed by atoms with E-state index in [-0.39, 0.29) is 0 Å². The van der Waals surface area contributed by atoms with E-state index in [9.17, 15) is 21.4 Å². The Hall–Kier alpha value is -0.730. The van der Waals surface area contributed by atoms with Crippen molar-refractivity contribution in [2.24, 2.45) is 3.77 Å². The highest BCUT2D eigenvalue weighted by Crippen LogP contribution is 2.19. The number of nitrogens with zero attached hydrogens (tertiary/aromatic N) is 1. The van der Waals surface area contributed by atoms with Crippen molar-refractivity contribution in [3.05, 3.63) is 29.8 Å². The Morgan fingerprint density at radius 1 is 1.25 bits per heavy atom. The maximum Gasteiger partial charge on any atom is 0.347 e. The van der Waals surface area contributed by atoms with Crippen LogP contribution in [0.4, 0.5) is 8.78 Å². The van der Waals surface area contributed by atoms with Gasteiger partial charge in [0.05, 0.1) is 14.6 Å². The van der Waals surface area contributed by atoms with Crippen LogP contribution < -0.4 is 0 Å². The van der Waals surface area contributed by atoms with Crippen molar-refractivity contribution >= 4 is 29.6 Å². The molecule has 1 aromatic rings. The number of benzene rings is 1. The summed E-state index contributed by atoms with van der Waals surface area (Å²) in [5, 5.41) is 0. The fourth-order valence-corrected chi connectivity index (χ4v) is 4.39. The quantitative estimate of drug-likeness (QED) is 0.781. The van der Waals surface area contributed by atoms with E-state index in [1.54, 1.807) is 0 Å². The van der Waals surface area contributed by atoms with Gasteiger partial charge in [-0.1, -0.05) is 3.77 Å². The van der Waals surface area contributed by atoms with Crippen molar-refractivity contribution in [3.63, 3.8) is 0 Å². The molecule has 0 aliphatic carbocycles. The second kappa shape index (κ2) is 4.27. The highest BCUT2D eigenvalue weighted by molar-refractivity contribution is 8.17. The molecule has 0 bridgehead atoms. The third-order valence-electron chi connectivity index (χ3n) is 1.53. The molecule has 0 aliphatic heterocycles. The molecule has 1 unspecified atom stereocenters. The van der Waals surface area contributed by atoms with Crippen LogP contribution in [0.3, 0.4) is 0 Å². The normalized spacial score (nSPS) is 15.5. The summed E-state index contributed by atoms with van der Waals surface area (Å²) in [6.07, 6.45) is 0.852. The second-order valence-corrected chi connectivity index (χ2v) is 7.50. The summed E-state index contributed by atoms with van der Waals surface area (Å²) < 4.78 is 61.7. The maximum atomic E-state index is 13.2. The minimum atomic E-state index is -4.43. The summed E-state index contributed by atoms with van der Waals surface area (Å²) >= 11 is 0. The van der Waals surface area contributed by atoms with Gasteiger partial charge in [-0.3, -0.25) is 0 Å². The van der Waals surface area contributed by atoms with Gasteiger partial charge in [-0.2, -0.15) is 8.42 Å². The molecule has 0 spiro atoms. The lowest BCUT2D eigenvalue weighted by Gasteiger charge is -2.04. The average Bonchev–Trinajstić information content (AvgIpc) is 2.04. The number of hydrogen-bond acceptors (Lipinski definition) is 3. The first-order valence-corrected chi connectivity index (χ1v) is 7.94. The molecular weight excluding hydrogens is 284 g/mol. The van der Waals surface area contributed by atoms with Gasteiger partial charge in [-0.25, -0.2) is 13.0 Å². The van der Waals surface area contributed by atoms with Gasteiger partial charge in [0, 0.05) is 16.9 Å². The molecular formula is C7H6ClF2NO3S2. The molecule has 0 fully saturated rings. The summed E-state index contributed by atoms with van der Waals surface area (Å²) in [5.74, 6) is -1.87. The smallest absolute Gasteiger partial charge is 0.244 e. The third-order valence-corrected chi connectivity index (χ3v) is 5.02. The summed E-state index contributed by atoms with van der Waals surface area (Å²) in [6, 6.07) is 2.15. The molecule has 0 amide bonds. The predicted molar refractivity (Wildman–Crippen MR) is 55.9 cm³/mol. The van der Waals surface area contributed by atoms with Gasteiger partial charge in [-0.15, -0.1) is 0 Å². The van der Waals surface area contributed by atoms with Crippen molar-refractivity contribution < 1.29 is 21.4 Å². The zero-order valence-electron chi connectivity index (χ0n) is 7.85. The molecule has 0 saturated carbocycles. The lowest BCUT2D eigenvalue weighted by Crippen LogP contribution is -2.03. The van der Waals surface area contributed by atoms with Crippen LogP contribution in [-0.4, -0.2) is 18.9 Å². The van der Waals surface area contributed by atoms with Gasteiger partial charge >= 0.3 is 9.24 Å². The van der Waals surface area contributed by atoms with E-state index < -0.39 is 35.5 Å². The molecule has 9 heteroatoms. The molecule has 0 aromatic heterocycles. The van der Waals surface area contributed by atoms with Gasteiger partial charge in [0.1, 0.15) is 11.6 Å². The molecule has 0 radical (unpaired) electrons. The highest BCUT2D eigenvalue weighted by Gasteiger charge is 2.16. The largest absolute Gasteiger partial charge is 0.347 e. The van der Waals surface area contributed by atoms with Crippen molar-refractivity contribution in [1.82, 2.24) is 0 Å². The fourth-order valence-electron chi connectivity index (χ4n) is 0.977. The van der Waals surface area contributed by atoms with Gasteiger partial charge in [0.25, 0.3) is 0 Å². The zero-order chi connectivity index (χ0) is 12.6. The molecule has 0 heterocycles. The van der Waals surface area contributed by atoms with Crippen LogP contribution >= 0.6 is 10.7 Å². The van der Waals surface area contributed by atoms with Gasteiger partial charge in [0.15, 0.2) is 0 Å². The van der Waals surface area contributed by atoms with Crippen LogP contribution in [0.25, 0.3) is 0 Å². The van der Waals surface area contributed by atoms with E-state index in [4.69, 9.17) is 10.7 Å². The number of hydrogen-bond donors (Lipinski definition) is 0. The minimum absolute atomic E-state index is 0.614. The molecule has 4 nitrogen and oxygen atoms in total. The van der Waals surface area contributed by atoms with Crippen LogP contribution in [0, 0.1) is 11.6 Å². The summed E-state index contributed by atoms with van der Waals surface area (Å²) in [6.45, 7) is 0. The first kappa shape index (κ1) is 13.3. The lowest BCUT2D eigenvalue weighted by molar-refractivity contribution is 0.571. The first-order chi connectivity index (χ1) is 7.12. The predicted octanol–water partition coefficient (Wildman–Crippen LogP) is 1.91. The molecule has 1 atom stereocenters. The topological polar surface area (TPSA) is 63.6 Å². The molecule has 0 aliphatic rings. The average molecular weight is 290 g/mol. The lowest BCUT2D eigenvalue weighted by atomic mass is 10.3. The zero-order valence-corrected chi connectivity index (χ0v) is 10.2. The van der Waals surface area contributed by atoms with E-state index >= 15 is 0 Å². The van der Waals surface area contributed by atoms with Gasteiger partial charge < -0.3 is 0 Å². The SMILES string of the molecule is CS(=O)(=NS(=O)(=O)Cl)c1cc(F)ccc1F. The molecule has 0 saturated heterocycles. The fraction of sp³-hybridized carbons (Fsp3) is 0.143. The van der Waals surface area contributed by atoms with Crippen LogP contribution in [0.15, 0.2) is 26.9 Å². The van der Waals surface area contributed by atoms with Crippen LogP contribution in [0.2, 0.25) is 0 Å². The van der Waals surface area contributed by atoms with E-state index in [0.717, 1.165) is 18.4 Å². The Morgan fingerprint density at radius 2 is 1.81 bits per heavy atom. The number of rotatable bonds is 2. The first-order valence-electron chi connectivity index (χ1n) is 3.75. The Kier molecular flexibility index (Phi) is 3.56. The molecule has 1 aromatic carbocycles. The molecule has 0 N–H and O–H groups in total. The van der Waals surface area contributed by atoms with Crippen molar-refractivity contribution in [3.8, 4) is 0 Å². The Balaban J connectivity index is 3.57. The molecule has 90 valence electrons. The Morgan fingerprint density at radius 3 is 2.31 bits per heavy atom. The Labute approximate surface area is 96.0 Å². The van der Waals surface area contributed by atoms with Crippen LogP contribution in [0.1, 0.15) is 0 Å². The van der Waals surface area contributed by atoms with E-state index in [1.807, 2.05) is 0 Å². The van der Waals surface area contributed by atoms with E-state index in [1.165, 1.54) is 0 Å². The van der Waals surface area contributed by atoms with E-state index in [0.29, 0.717) is 6.07 Å². The van der Waals surface area contributed by atoms with Crippen LogP contribution in [-0.2, 0) is 19.0 Å². The van der Waals surface area contributed by atoms with Crippen LogP contribution in [0.5, 0.6) is 0 Å². The van der Waals surface area contributed by atoms with Gasteiger partial charge in [-0.05, 0) is 18.2 Å². The van der Waals surface area contributed by atoms with Crippen molar-refractivity contribution in [1.29, 1.82) is 0 Å². The highest BCUT2D eigenvalue weighted by atomic mass is 35.7. The molecule has 16 heavy (non-hydrogen) atoms. The van der Waals surface area contributed by atoms with Crippen molar-refractivity contribution in [2.75, 3.05) is 6.26 Å². The van der Waals surface area contributed by atoms with Crippen molar-refractivity contribution in [2.45, 2.75) is 4.90 Å². The summed E-state index contributed by atoms with van der Waals surface area (Å²) in [7, 11) is -3.29. The standard InChI is InChI=1S/C7H6ClF2NO3S2/c1-15(12,11-16(8,13)14)7-4-5(9)2-3-6(7)10/h2-4H,1H3. The number of halogens is 3. The monoisotopic (exact) mass is 289 g/mol. The second-order valence-electron chi connectivity index (χ2n) is 2.86. The maximum absolute atomic E-state index is 13.2. The summed E-state index contributed by atoms with van der Waals surface area (Å²) in [4.78, 5) is -0.642. The van der Waals surface area contributed by atoms with E-state index in [2.05, 4.69) is 3.77 Å².